The van der Waals surface area contributed by atoms with Crippen LogP contribution in [0.4, 0.5) is 5.69 Å². The third kappa shape index (κ3) is 3.92. The van der Waals surface area contributed by atoms with Crippen molar-refractivity contribution in [1.82, 2.24) is 4.98 Å². The van der Waals surface area contributed by atoms with Gasteiger partial charge in [-0.05, 0) is 32.8 Å². The van der Waals surface area contributed by atoms with Crippen LogP contribution in [-0.2, 0) is 0 Å². The topological polar surface area (TPSA) is 50.9 Å². The lowest BCUT2D eigenvalue weighted by atomic mass is 9.96. The van der Waals surface area contributed by atoms with Gasteiger partial charge in [-0.2, -0.15) is 0 Å². The molecule has 1 aliphatic carbocycles. The lowest BCUT2D eigenvalue weighted by Crippen LogP contribution is -2.24. The highest BCUT2D eigenvalue weighted by molar-refractivity contribution is 7.80. The molecule has 20 heavy (non-hydrogen) atoms. The van der Waals surface area contributed by atoms with Gasteiger partial charge in [0.2, 0.25) is 0 Å². The summed E-state index contributed by atoms with van der Waals surface area (Å²) in [6.45, 7) is 3.99. The van der Waals surface area contributed by atoms with Crippen molar-refractivity contribution in [3.63, 3.8) is 0 Å². The van der Waals surface area contributed by atoms with Crippen molar-refractivity contribution < 1.29 is 0 Å². The summed E-state index contributed by atoms with van der Waals surface area (Å²) in [7, 11) is 0. The van der Waals surface area contributed by atoms with E-state index in [0.29, 0.717) is 11.0 Å². The Labute approximate surface area is 127 Å². The zero-order valence-corrected chi connectivity index (χ0v) is 13.4. The molecular weight excluding hydrogens is 266 g/mol. The Morgan fingerprint density at radius 2 is 1.80 bits per heavy atom. The second-order valence-electron chi connectivity index (χ2n) is 5.82. The van der Waals surface area contributed by atoms with Gasteiger partial charge in [0.05, 0.1) is 5.56 Å². The van der Waals surface area contributed by atoms with E-state index in [1.165, 1.54) is 44.9 Å². The van der Waals surface area contributed by atoms with E-state index in [-0.39, 0.29) is 0 Å². The smallest absolute Gasteiger partial charge is 0.107 e. The first-order chi connectivity index (χ1) is 9.58. The standard InChI is InChI=1S/C16H25N3S/c1-11-10-14(15(16(17)20)12(2)18-11)19-13-8-6-4-3-5-7-9-13/h10,13H,3-9H2,1-2H3,(H2,17,20)(H,18,19). The Balaban J connectivity index is 2.20. The molecule has 1 aliphatic rings. The molecule has 0 unspecified atom stereocenters. The summed E-state index contributed by atoms with van der Waals surface area (Å²) < 4.78 is 0. The molecule has 0 bridgehead atoms. The minimum Gasteiger partial charge on any atom is -0.389 e. The monoisotopic (exact) mass is 291 g/mol. The number of nitrogens with zero attached hydrogens (tertiary/aromatic N) is 1. The number of thiocarbonyl (C=S) groups is 1. The van der Waals surface area contributed by atoms with Crippen LogP contribution in [0.5, 0.6) is 0 Å². The molecule has 3 N–H and O–H groups in total. The van der Waals surface area contributed by atoms with E-state index < -0.39 is 0 Å². The fourth-order valence-corrected chi connectivity index (χ4v) is 3.33. The number of hydrogen-bond acceptors (Lipinski definition) is 3. The normalized spacial score (nSPS) is 17.3. The predicted octanol–water partition coefficient (Wildman–Crippen LogP) is 3.86. The van der Waals surface area contributed by atoms with Gasteiger partial charge in [-0.1, -0.05) is 44.3 Å². The highest BCUT2D eigenvalue weighted by Gasteiger charge is 2.16. The fraction of sp³-hybridized carbons (Fsp3) is 0.625. The second-order valence-corrected chi connectivity index (χ2v) is 6.26. The number of hydrogen-bond donors (Lipinski definition) is 2. The van der Waals surface area contributed by atoms with Crippen molar-refractivity contribution in [3.8, 4) is 0 Å². The molecule has 1 saturated carbocycles. The summed E-state index contributed by atoms with van der Waals surface area (Å²) in [5, 5.41) is 3.67. The summed E-state index contributed by atoms with van der Waals surface area (Å²) in [6, 6.07) is 2.60. The molecule has 0 amide bonds. The van der Waals surface area contributed by atoms with Crippen molar-refractivity contribution >= 4 is 22.9 Å². The van der Waals surface area contributed by atoms with Crippen LogP contribution in [0.25, 0.3) is 0 Å². The van der Waals surface area contributed by atoms with Gasteiger partial charge >= 0.3 is 0 Å². The van der Waals surface area contributed by atoms with E-state index in [1.807, 2.05) is 13.8 Å². The summed E-state index contributed by atoms with van der Waals surface area (Å²) >= 11 is 5.19. The van der Waals surface area contributed by atoms with Crippen LogP contribution >= 0.6 is 12.2 Å². The van der Waals surface area contributed by atoms with Gasteiger partial charge in [-0.25, -0.2) is 0 Å². The van der Waals surface area contributed by atoms with Crippen LogP contribution in [0.15, 0.2) is 6.07 Å². The number of aromatic nitrogens is 1. The van der Waals surface area contributed by atoms with E-state index in [9.17, 15) is 0 Å². The van der Waals surface area contributed by atoms with Gasteiger partial charge in [0.15, 0.2) is 0 Å². The van der Waals surface area contributed by atoms with E-state index in [4.69, 9.17) is 18.0 Å². The second kappa shape index (κ2) is 7.02. The average molecular weight is 291 g/mol. The molecule has 0 aliphatic heterocycles. The molecule has 110 valence electrons. The number of nitrogens with one attached hydrogen (secondary N) is 1. The minimum atomic E-state index is 0.434. The van der Waals surface area contributed by atoms with Crippen molar-refractivity contribution in [2.45, 2.75) is 64.8 Å². The Morgan fingerprint density at radius 1 is 1.20 bits per heavy atom. The van der Waals surface area contributed by atoms with Gasteiger partial charge in [-0.3, -0.25) is 4.98 Å². The molecule has 0 saturated heterocycles. The quantitative estimate of drug-likeness (QED) is 0.830. The number of nitrogens with two attached hydrogens (primary N) is 1. The van der Waals surface area contributed by atoms with Gasteiger partial charge < -0.3 is 11.1 Å². The van der Waals surface area contributed by atoms with E-state index in [0.717, 1.165) is 22.6 Å². The van der Waals surface area contributed by atoms with Crippen LogP contribution in [0, 0.1) is 13.8 Å². The van der Waals surface area contributed by atoms with E-state index >= 15 is 0 Å². The van der Waals surface area contributed by atoms with Gasteiger partial charge in [-0.15, -0.1) is 0 Å². The summed E-state index contributed by atoms with van der Waals surface area (Å²) in [6.07, 6.45) is 9.18. The van der Waals surface area contributed by atoms with Crippen LogP contribution in [-0.4, -0.2) is 16.0 Å². The van der Waals surface area contributed by atoms with Gasteiger partial charge in [0.1, 0.15) is 4.99 Å². The summed E-state index contributed by atoms with van der Waals surface area (Å²) in [4.78, 5) is 4.91. The third-order valence-corrected chi connectivity index (χ3v) is 4.24. The number of anilines is 1. The fourth-order valence-electron chi connectivity index (χ4n) is 3.07. The number of rotatable bonds is 3. The molecule has 1 aromatic rings. The molecular formula is C16H25N3S. The molecule has 0 radical (unpaired) electrons. The Kier molecular flexibility index (Phi) is 5.35. The largest absolute Gasteiger partial charge is 0.389 e. The first kappa shape index (κ1) is 15.2. The Morgan fingerprint density at radius 3 is 2.40 bits per heavy atom. The third-order valence-electron chi connectivity index (χ3n) is 4.04. The molecule has 3 nitrogen and oxygen atoms in total. The van der Waals surface area contributed by atoms with Crippen molar-refractivity contribution in [2.75, 3.05) is 5.32 Å². The average Bonchev–Trinajstić information content (AvgIpc) is 2.30. The van der Waals surface area contributed by atoms with Gasteiger partial charge in [0.25, 0.3) is 0 Å². The summed E-state index contributed by atoms with van der Waals surface area (Å²) in [5.41, 5.74) is 9.78. The maximum Gasteiger partial charge on any atom is 0.107 e. The Hall–Kier alpha value is -1.16. The number of pyridine rings is 1. The zero-order chi connectivity index (χ0) is 14.5. The van der Waals surface area contributed by atoms with E-state index in [1.54, 1.807) is 0 Å². The lowest BCUT2D eigenvalue weighted by molar-refractivity contribution is 0.471. The van der Waals surface area contributed by atoms with Crippen molar-refractivity contribution in [2.24, 2.45) is 5.73 Å². The molecule has 0 spiro atoms. The molecule has 2 rings (SSSR count). The van der Waals surface area contributed by atoms with Crippen molar-refractivity contribution in [3.05, 3.63) is 23.0 Å². The molecule has 1 heterocycles. The van der Waals surface area contributed by atoms with Crippen LogP contribution in [0.3, 0.4) is 0 Å². The first-order valence-corrected chi connectivity index (χ1v) is 8.03. The van der Waals surface area contributed by atoms with Crippen LogP contribution in [0.2, 0.25) is 0 Å². The molecule has 4 heteroatoms. The molecule has 0 atom stereocenters. The molecule has 0 aromatic carbocycles. The first-order valence-electron chi connectivity index (χ1n) is 7.62. The molecule has 1 aromatic heterocycles. The number of aryl methyl sites for hydroxylation is 2. The highest BCUT2D eigenvalue weighted by atomic mass is 32.1. The maximum absolute atomic E-state index is 5.88. The SMILES string of the molecule is Cc1cc(NC2CCCCCCC2)c(C(N)=S)c(C)n1. The van der Waals surface area contributed by atoms with Gasteiger partial charge in [0, 0.05) is 23.1 Å². The lowest BCUT2D eigenvalue weighted by Gasteiger charge is -2.24. The minimum absolute atomic E-state index is 0.434. The maximum atomic E-state index is 5.88. The van der Waals surface area contributed by atoms with Crippen LogP contribution < -0.4 is 11.1 Å². The zero-order valence-electron chi connectivity index (χ0n) is 12.5. The summed E-state index contributed by atoms with van der Waals surface area (Å²) in [5.74, 6) is 0. The highest BCUT2D eigenvalue weighted by Crippen LogP contribution is 2.25. The predicted molar refractivity (Wildman–Crippen MR) is 89.3 cm³/mol. The van der Waals surface area contributed by atoms with Crippen LogP contribution in [0.1, 0.15) is 61.9 Å². The van der Waals surface area contributed by atoms with Crippen molar-refractivity contribution in [1.29, 1.82) is 0 Å². The van der Waals surface area contributed by atoms with E-state index in [2.05, 4.69) is 16.4 Å². The molecule has 1 fully saturated rings. The Bertz CT molecular complexity index is 477.